The number of fused-ring (bicyclic) bond motifs is 3. The first-order valence-corrected chi connectivity index (χ1v) is 12.3. The molecule has 1 atom stereocenters. The van der Waals surface area contributed by atoms with Crippen molar-refractivity contribution < 1.29 is 4.79 Å². The first-order chi connectivity index (χ1) is 16.5. The molecule has 1 aliphatic rings. The minimum absolute atomic E-state index is 0.0561. The molecule has 2 aromatic heterocycles. The monoisotopic (exact) mass is 476 g/mol. The van der Waals surface area contributed by atoms with Gasteiger partial charge in [-0.3, -0.25) is 4.79 Å². The second-order valence-corrected chi connectivity index (χ2v) is 9.36. The van der Waals surface area contributed by atoms with Crippen LogP contribution in [0.3, 0.4) is 0 Å². The number of aromatic nitrogens is 4. The normalized spacial score (nSPS) is 16.4. The lowest BCUT2D eigenvalue weighted by Crippen LogP contribution is -2.45. The molecule has 1 fully saturated rings. The van der Waals surface area contributed by atoms with Crippen molar-refractivity contribution in [3.05, 3.63) is 53.1 Å². The van der Waals surface area contributed by atoms with Gasteiger partial charge in [0.1, 0.15) is 0 Å². The number of aryl methyl sites for hydroxylation is 1. The van der Waals surface area contributed by atoms with E-state index < -0.39 is 0 Å². The molecule has 4 aromatic rings. The molecule has 7 nitrogen and oxygen atoms in total. The maximum absolute atomic E-state index is 13.2. The van der Waals surface area contributed by atoms with Crippen LogP contribution in [0.5, 0.6) is 0 Å². The summed E-state index contributed by atoms with van der Waals surface area (Å²) in [7, 11) is 0. The second kappa shape index (κ2) is 9.22. The molecular weight excluding hydrogens is 448 g/mol. The molecule has 0 N–H and O–H groups in total. The largest absolute Gasteiger partial charge is 0.343 e. The summed E-state index contributed by atoms with van der Waals surface area (Å²) in [5, 5.41) is 10.7. The smallest absolute Gasteiger partial charge is 0.227 e. The van der Waals surface area contributed by atoms with E-state index in [0.717, 1.165) is 71.9 Å². The zero-order valence-corrected chi connectivity index (χ0v) is 20.6. The standard InChI is InChI=1S/C26H29ClN6O/c1-4-31(5-2)25(34)19-10-7-13-32(16-19)26-28-22-15-20(27)11-12-21(22)24-30-29-23(33(24)26)18-9-6-8-17(3)14-18/h6,8-9,11-12,14-15,19H,4-5,7,10,13,16H2,1-3H3. The third-order valence-electron chi connectivity index (χ3n) is 6.69. The second-order valence-electron chi connectivity index (χ2n) is 8.92. The SMILES string of the molecule is CCN(CC)C(=O)C1CCCN(c2nc3cc(Cl)ccc3c3nnc(-c4cccc(C)c4)n23)C1. The van der Waals surface area contributed by atoms with E-state index in [1.165, 1.54) is 0 Å². The van der Waals surface area contributed by atoms with Crippen molar-refractivity contribution in [3.63, 3.8) is 0 Å². The van der Waals surface area contributed by atoms with Crippen LogP contribution in [0.2, 0.25) is 5.02 Å². The number of nitrogens with zero attached hydrogens (tertiary/aromatic N) is 6. The highest BCUT2D eigenvalue weighted by Crippen LogP contribution is 2.32. The molecule has 34 heavy (non-hydrogen) atoms. The minimum atomic E-state index is -0.0561. The van der Waals surface area contributed by atoms with Crippen LogP contribution in [0.15, 0.2) is 42.5 Å². The number of amides is 1. The molecule has 8 heteroatoms. The Kier molecular flexibility index (Phi) is 6.13. The fraction of sp³-hybridized carbons (Fsp3) is 0.385. The maximum atomic E-state index is 13.2. The molecule has 0 spiro atoms. The van der Waals surface area contributed by atoms with Crippen molar-refractivity contribution in [1.29, 1.82) is 0 Å². The topological polar surface area (TPSA) is 66.6 Å². The predicted octanol–water partition coefficient (Wildman–Crippen LogP) is 4.99. The van der Waals surface area contributed by atoms with E-state index in [1.54, 1.807) is 0 Å². The molecule has 0 radical (unpaired) electrons. The van der Waals surface area contributed by atoms with Gasteiger partial charge in [0.2, 0.25) is 11.9 Å². The third-order valence-corrected chi connectivity index (χ3v) is 6.92. The van der Waals surface area contributed by atoms with Crippen molar-refractivity contribution in [1.82, 2.24) is 24.5 Å². The van der Waals surface area contributed by atoms with Crippen LogP contribution >= 0.6 is 11.6 Å². The Hall–Kier alpha value is -3.19. The molecule has 3 heterocycles. The van der Waals surface area contributed by atoms with E-state index in [4.69, 9.17) is 16.6 Å². The maximum Gasteiger partial charge on any atom is 0.227 e. The van der Waals surface area contributed by atoms with Crippen molar-refractivity contribution in [2.45, 2.75) is 33.6 Å². The van der Waals surface area contributed by atoms with E-state index in [-0.39, 0.29) is 11.8 Å². The van der Waals surface area contributed by atoms with Gasteiger partial charge in [-0.2, -0.15) is 0 Å². The Labute approximate surface area is 204 Å². The number of anilines is 1. The van der Waals surface area contributed by atoms with E-state index in [9.17, 15) is 4.79 Å². The fourth-order valence-corrected chi connectivity index (χ4v) is 5.10. The molecule has 0 aliphatic carbocycles. The summed E-state index contributed by atoms with van der Waals surface area (Å²) in [6.07, 6.45) is 1.82. The Morgan fingerprint density at radius 3 is 2.74 bits per heavy atom. The summed E-state index contributed by atoms with van der Waals surface area (Å²) in [5.41, 5.74) is 3.65. The molecule has 0 saturated carbocycles. The van der Waals surface area contributed by atoms with Gasteiger partial charge in [-0.15, -0.1) is 10.2 Å². The predicted molar refractivity (Wildman–Crippen MR) is 136 cm³/mol. The molecule has 1 aliphatic heterocycles. The van der Waals surface area contributed by atoms with Crippen LogP contribution in [0.25, 0.3) is 27.9 Å². The zero-order valence-electron chi connectivity index (χ0n) is 19.8. The van der Waals surface area contributed by atoms with Crippen LogP contribution < -0.4 is 4.90 Å². The molecule has 1 saturated heterocycles. The van der Waals surface area contributed by atoms with Gasteiger partial charge in [0, 0.05) is 42.2 Å². The lowest BCUT2D eigenvalue weighted by atomic mass is 9.96. The third kappa shape index (κ3) is 3.98. The summed E-state index contributed by atoms with van der Waals surface area (Å²) in [6, 6.07) is 13.9. The first kappa shape index (κ1) is 22.6. The van der Waals surface area contributed by atoms with Gasteiger partial charge in [-0.05, 0) is 57.9 Å². The molecule has 2 aromatic carbocycles. The van der Waals surface area contributed by atoms with Gasteiger partial charge in [-0.1, -0.05) is 35.4 Å². The van der Waals surface area contributed by atoms with E-state index in [0.29, 0.717) is 11.6 Å². The van der Waals surface area contributed by atoms with Crippen LogP contribution in [0, 0.1) is 12.8 Å². The number of rotatable bonds is 5. The number of halogens is 1. The summed E-state index contributed by atoms with van der Waals surface area (Å²) in [6.45, 7) is 9.03. The fourth-order valence-electron chi connectivity index (χ4n) is 4.93. The number of carbonyl (C=O) groups excluding carboxylic acids is 1. The lowest BCUT2D eigenvalue weighted by molar-refractivity contribution is -0.135. The average molecular weight is 477 g/mol. The molecule has 176 valence electrons. The summed E-state index contributed by atoms with van der Waals surface area (Å²) < 4.78 is 2.04. The zero-order chi connectivity index (χ0) is 23.8. The summed E-state index contributed by atoms with van der Waals surface area (Å²) >= 11 is 6.31. The number of carbonyl (C=O) groups is 1. The lowest BCUT2D eigenvalue weighted by Gasteiger charge is -2.35. The molecule has 0 bridgehead atoms. The first-order valence-electron chi connectivity index (χ1n) is 11.9. The molecule has 1 unspecified atom stereocenters. The van der Waals surface area contributed by atoms with E-state index in [1.807, 2.05) is 53.5 Å². The Morgan fingerprint density at radius 2 is 1.97 bits per heavy atom. The number of hydrogen-bond donors (Lipinski definition) is 0. The van der Waals surface area contributed by atoms with Gasteiger partial charge in [-0.25, -0.2) is 9.38 Å². The summed E-state index contributed by atoms with van der Waals surface area (Å²) in [5.74, 6) is 1.66. The molecular formula is C26H29ClN6O. The van der Waals surface area contributed by atoms with Gasteiger partial charge >= 0.3 is 0 Å². The summed E-state index contributed by atoms with van der Waals surface area (Å²) in [4.78, 5) is 22.3. The highest BCUT2D eigenvalue weighted by Gasteiger charge is 2.31. The Balaban J connectivity index is 1.67. The number of benzene rings is 2. The van der Waals surface area contributed by atoms with E-state index in [2.05, 4.69) is 34.2 Å². The van der Waals surface area contributed by atoms with Crippen LogP contribution in [-0.2, 0) is 4.79 Å². The number of hydrogen-bond acceptors (Lipinski definition) is 5. The van der Waals surface area contributed by atoms with Crippen LogP contribution in [0.1, 0.15) is 32.3 Å². The van der Waals surface area contributed by atoms with Crippen molar-refractivity contribution in [2.75, 3.05) is 31.1 Å². The van der Waals surface area contributed by atoms with Crippen molar-refractivity contribution in [3.8, 4) is 11.4 Å². The molecule has 5 rings (SSSR count). The number of piperidine rings is 1. The highest BCUT2D eigenvalue weighted by atomic mass is 35.5. The minimum Gasteiger partial charge on any atom is -0.343 e. The van der Waals surface area contributed by atoms with Gasteiger partial charge in [0.05, 0.1) is 11.4 Å². The van der Waals surface area contributed by atoms with Gasteiger partial charge in [0.25, 0.3) is 0 Å². The van der Waals surface area contributed by atoms with E-state index >= 15 is 0 Å². The highest BCUT2D eigenvalue weighted by molar-refractivity contribution is 6.31. The van der Waals surface area contributed by atoms with Gasteiger partial charge < -0.3 is 9.80 Å². The van der Waals surface area contributed by atoms with Crippen LogP contribution in [0.4, 0.5) is 5.95 Å². The quantitative estimate of drug-likeness (QED) is 0.406. The van der Waals surface area contributed by atoms with Crippen molar-refractivity contribution >= 4 is 40.0 Å². The van der Waals surface area contributed by atoms with Crippen molar-refractivity contribution in [2.24, 2.45) is 5.92 Å². The average Bonchev–Trinajstić information content (AvgIpc) is 3.29. The Bertz CT molecular complexity index is 1360. The molecule has 1 amide bonds. The van der Waals surface area contributed by atoms with Crippen LogP contribution in [-0.4, -0.2) is 56.6 Å². The van der Waals surface area contributed by atoms with Gasteiger partial charge in [0.15, 0.2) is 11.5 Å². The Morgan fingerprint density at radius 1 is 1.15 bits per heavy atom.